The van der Waals surface area contributed by atoms with Crippen LogP contribution in [0.3, 0.4) is 0 Å². The van der Waals surface area contributed by atoms with E-state index >= 15 is 0 Å². The van der Waals surface area contributed by atoms with Crippen molar-refractivity contribution < 1.29 is 22.7 Å². The topological polar surface area (TPSA) is 26.3 Å². The van der Waals surface area contributed by atoms with Gasteiger partial charge in [0.05, 0.1) is 0 Å². The second-order valence-electron chi connectivity index (χ2n) is 5.90. The number of carbonyl (C=O) groups excluding carboxylic acids is 1. The Kier molecular flexibility index (Phi) is 4.69. The lowest BCUT2D eigenvalue weighted by Gasteiger charge is -2.38. The molecule has 0 spiro atoms. The highest BCUT2D eigenvalue weighted by Gasteiger charge is 2.42. The smallest absolute Gasteiger partial charge is 0.422 e. The number of alkyl halides is 3. The molecule has 19 heavy (non-hydrogen) atoms. The molecule has 0 N–H and O–H groups in total. The number of halogens is 3. The van der Waals surface area contributed by atoms with Crippen molar-refractivity contribution in [1.82, 2.24) is 0 Å². The van der Waals surface area contributed by atoms with Crippen LogP contribution in [0.2, 0.25) is 0 Å². The Morgan fingerprint density at radius 3 is 2.16 bits per heavy atom. The molecule has 2 nitrogen and oxygen atoms in total. The SMILES string of the molecule is C=C(C(=O)OC1(C)CCC(C(C)C)CC1)C(F)(F)F. The lowest BCUT2D eigenvalue weighted by molar-refractivity contribution is -0.167. The zero-order valence-electron chi connectivity index (χ0n) is 11.6. The largest absolute Gasteiger partial charge is 0.456 e. The highest BCUT2D eigenvalue weighted by Crippen LogP contribution is 2.38. The Morgan fingerprint density at radius 2 is 1.79 bits per heavy atom. The first kappa shape index (κ1) is 16.1. The van der Waals surface area contributed by atoms with Crippen LogP contribution in [0.4, 0.5) is 13.2 Å². The van der Waals surface area contributed by atoms with Crippen molar-refractivity contribution in [3.05, 3.63) is 12.2 Å². The van der Waals surface area contributed by atoms with Crippen LogP contribution in [0.25, 0.3) is 0 Å². The fourth-order valence-corrected chi connectivity index (χ4v) is 2.42. The number of hydrogen-bond acceptors (Lipinski definition) is 2. The van der Waals surface area contributed by atoms with Crippen molar-refractivity contribution in [2.24, 2.45) is 11.8 Å². The van der Waals surface area contributed by atoms with Crippen LogP contribution in [0.15, 0.2) is 12.2 Å². The van der Waals surface area contributed by atoms with Gasteiger partial charge in [0.1, 0.15) is 11.2 Å². The third kappa shape index (κ3) is 4.25. The second kappa shape index (κ2) is 5.55. The molecule has 5 heteroatoms. The molecule has 0 aliphatic heterocycles. The van der Waals surface area contributed by atoms with Gasteiger partial charge < -0.3 is 4.74 Å². The van der Waals surface area contributed by atoms with Gasteiger partial charge in [-0.1, -0.05) is 20.4 Å². The summed E-state index contributed by atoms with van der Waals surface area (Å²) in [6.45, 7) is 8.73. The molecule has 0 heterocycles. The third-order valence-corrected chi connectivity index (χ3v) is 3.96. The number of ether oxygens (including phenoxy) is 1. The molecule has 0 aromatic rings. The summed E-state index contributed by atoms with van der Waals surface area (Å²) in [6, 6.07) is 0. The third-order valence-electron chi connectivity index (χ3n) is 3.96. The molecule has 1 aliphatic carbocycles. The molecule has 0 radical (unpaired) electrons. The Hall–Kier alpha value is -1.00. The van der Waals surface area contributed by atoms with Crippen LogP contribution >= 0.6 is 0 Å². The first-order valence-electron chi connectivity index (χ1n) is 6.54. The molecule has 1 aliphatic rings. The van der Waals surface area contributed by atoms with E-state index in [2.05, 4.69) is 20.4 Å². The minimum absolute atomic E-state index is 0.547. The van der Waals surface area contributed by atoms with E-state index in [1.807, 2.05) is 0 Å². The molecule has 1 fully saturated rings. The van der Waals surface area contributed by atoms with Crippen molar-refractivity contribution in [3.63, 3.8) is 0 Å². The first-order chi connectivity index (χ1) is 8.55. The summed E-state index contributed by atoms with van der Waals surface area (Å²) in [6.07, 6.45) is -1.76. The quantitative estimate of drug-likeness (QED) is 0.569. The van der Waals surface area contributed by atoms with Gasteiger partial charge in [-0.15, -0.1) is 0 Å². The summed E-state index contributed by atoms with van der Waals surface area (Å²) in [7, 11) is 0. The average Bonchev–Trinajstić information content (AvgIpc) is 2.26. The molecule has 0 atom stereocenters. The van der Waals surface area contributed by atoms with E-state index < -0.39 is 23.3 Å². The molecule has 110 valence electrons. The predicted octanol–water partition coefficient (Wildman–Crippen LogP) is 4.25. The van der Waals surface area contributed by atoms with Gasteiger partial charge in [-0.3, -0.25) is 0 Å². The fraction of sp³-hybridized carbons (Fsp3) is 0.786. The molecule has 0 aromatic heterocycles. The van der Waals surface area contributed by atoms with Crippen LogP contribution in [0, 0.1) is 11.8 Å². The van der Waals surface area contributed by atoms with E-state index in [1.165, 1.54) is 0 Å². The lowest BCUT2D eigenvalue weighted by atomic mass is 9.75. The Balaban J connectivity index is 2.58. The standard InChI is InChI=1S/C14H21F3O2/c1-9(2)11-5-7-13(4,8-6-11)19-12(18)10(3)14(15,16)17/h9,11H,3,5-8H2,1-2,4H3. The summed E-state index contributed by atoms with van der Waals surface area (Å²) in [5.74, 6) is -0.249. The highest BCUT2D eigenvalue weighted by molar-refractivity contribution is 5.89. The monoisotopic (exact) mass is 278 g/mol. The first-order valence-corrected chi connectivity index (χ1v) is 6.54. The lowest BCUT2D eigenvalue weighted by Crippen LogP contribution is -2.38. The van der Waals surface area contributed by atoms with E-state index in [0.717, 1.165) is 12.8 Å². The average molecular weight is 278 g/mol. The van der Waals surface area contributed by atoms with Gasteiger partial charge in [-0.2, -0.15) is 13.2 Å². The molecule has 1 rings (SSSR count). The van der Waals surface area contributed by atoms with Gasteiger partial charge in [0.2, 0.25) is 0 Å². The number of rotatable bonds is 3. The van der Waals surface area contributed by atoms with Crippen LogP contribution in [0.1, 0.15) is 46.5 Å². The van der Waals surface area contributed by atoms with Gasteiger partial charge in [0.25, 0.3) is 0 Å². The Labute approximate surface area is 112 Å². The van der Waals surface area contributed by atoms with Gasteiger partial charge in [0.15, 0.2) is 0 Å². The maximum atomic E-state index is 12.3. The number of carbonyl (C=O) groups is 1. The van der Waals surface area contributed by atoms with E-state index in [0.29, 0.717) is 24.7 Å². The van der Waals surface area contributed by atoms with Crippen molar-refractivity contribution >= 4 is 5.97 Å². The van der Waals surface area contributed by atoms with Crippen molar-refractivity contribution in [3.8, 4) is 0 Å². The van der Waals surface area contributed by atoms with Crippen LogP contribution < -0.4 is 0 Å². The molecular formula is C14H21F3O2. The molecular weight excluding hydrogens is 257 g/mol. The number of esters is 1. The molecule has 0 saturated heterocycles. The second-order valence-corrected chi connectivity index (χ2v) is 5.90. The molecule has 0 amide bonds. The van der Waals surface area contributed by atoms with Gasteiger partial charge in [-0.05, 0) is 44.4 Å². The van der Waals surface area contributed by atoms with E-state index in [-0.39, 0.29) is 0 Å². The summed E-state index contributed by atoms with van der Waals surface area (Å²) < 4.78 is 42.1. The summed E-state index contributed by atoms with van der Waals surface area (Å²) in [4.78, 5) is 11.4. The van der Waals surface area contributed by atoms with E-state index in [9.17, 15) is 18.0 Å². The minimum atomic E-state index is -4.72. The van der Waals surface area contributed by atoms with Crippen LogP contribution in [0.5, 0.6) is 0 Å². The Morgan fingerprint density at radius 1 is 1.32 bits per heavy atom. The van der Waals surface area contributed by atoms with Crippen molar-refractivity contribution in [2.75, 3.05) is 0 Å². The Bertz CT molecular complexity index is 350. The summed E-state index contributed by atoms with van der Waals surface area (Å²) in [5.41, 5.74) is -2.23. The molecule has 0 unspecified atom stereocenters. The number of hydrogen-bond donors (Lipinski definition) is 0. The minimum Gasteiger partial charge on any atom is -0.456 e. The highest BCUT2D eigenvalue weighted by atomic mass is 19.4. The zero-order valence-corrected chi connectivity index (χ0v) is 11.6. The van der Waals surface area contributed by atoms with Crippen molar-refractivity contribution in [1.29, 1.82) is 0 Å². The summed E-state index contributed by atoms with van der Waals surface area (Å²) >= 11 is 0. The normalized spacial score (nSPS) is 28.3. The van der Waals surface area contributed by atoms with Crippen molar-refractivity contribution in [2.45, 2.75) is 58.2 Å². The van der Waals surface area contributed by atoms with Gasteiger partial charge >= 0.3 is 12.1 Å². The van der Waals surface area contributed by atoms with Gasteiger partial charge in [0, 0.05) is 0 Å². The fourth-order valence-electron chi connectivity index (χ4n) is 2.42. The van der Waals surface area contributed by atoms with Gasteiger partial charge in [-0.25, -0.2) is 4.79 Å². The summed E-state index contributed by atoms with van der Waals surface area (Å²) in [5, 5.41) is 0. The van der Waals surface area contributed by atoms with E-state index in [4.69, 9.17) is 4.74 Å². The van der Waals surface area contributed by atoms with Crippen LogP contribution in [-0.4, -0.2) is 17.7 Å². The van der Waals surface area contributed by atoms with Crippen LogP contribution in [-0.2, 0) is 9.53 Å². The molecule has 0 bridgehead atoms. The maximum Gasteiger partial charge on any atom is 0.422 e. The maximum absolute atomic E-state index is 12.3. The molecule has 1 saturated carbocycles. The zero-order chi connectivity index (χ0) is 14.8. The van der Waals surface area contributed by atoms with E-state index in [1.54, 1.807) is 6.92 Å². The predicted molar refractivity (Wildman–Crippen MR) is 66.5 cm³/mol. The molecule has 0 aromatic carbocycles.